The van der Waals surface area contributed by atoms with Crippen LogP contribution in [-0.2, 0) is 15.0 Å². The van der Waals surface area contributed by atoms with Gasteiger partial charge in [0.15, 0.2) is 6.19 Å². The molecule has 0 spiro atoms. The second-order valence-electron chi connectivity index (χ2n) is 11.4. The molecule has 2 atom stereocenters. The number of pyridine rings is 1. The van der Waals surface area contributed by atoms with Crippen LogP contribution in [-0.4, -0.2) is 47.4 Å². The van der Waals surface area contributed by atoms with E-state index in [1.54, 1.807) is 30.5 Å². The zero-order valence-electron chi connectivity index (χ0n) is 22.9. The van der Waals surface area contributed by atoms with Crippen molar-refractivity contribution in [1.82, 2.24) is 15.2 Å². The predicted octanol–water partition coefficient (Wildman–Crippen LogP) is 4.86. The number of methoxy groups -OCH3 is 1. The average Bonchev–Trinajstić information content (AvgIpc) is 3.40. The first kappa shape index (κ1) is 27.4. The Kier molecular flexibility index (Phi) is 8.55. The van der Waals surface area contributed by atoms with Gasteiger partial charge in [-0.2, -0.15) is 5.26 Å². The fraction of sp³-hybridized carbons (Fsp3) is 0.533. The van der Waals surface area contributed by atoms with Crippen molar-refractivity contribution in [2.45, 2.75) is 89.3 Å². The number of carbonyl (C=O) groups is 2. The highest BCUT2D eigenvalue weighted by Gasteiger charge is 2.41. The van der Waals surface area contributed by atoms with Crippen LogP contribution in [0.2, 0.25) is 0 Å². The van der Waals surface area contributed by atoms with Crippen molar-refractivity contribution >= 4 is 17.5 Å². The quantitative estimate of drug-likeness (QED) is 0.527. The van der Waals surface area contributed by atoms with Crippen molar-refractivity contribution in [2.24, 2.45) is 0 Å². The standard InChI is InChI=1S/C30H39N5O3/c1-30(2,3)22-12-14-24(15-13-22)35(29(37)26-11-8-16-34(26)20-31)27(21-17-25(38-4)19-32-18-21)28(36)33-23-9-6-5-7-10-23/h12-15,17-19,23,26-27H,5-11,16H2,1-4H3,(H,33,36)/t26-,27?/m1/s1. The van der Waals surface area contributed by atoms with E-state index in [2.05, 4.69) is 37.3 Å². The topological polar surface area (TPSA) is 98.6 Å². The Morgan fingerprint density at radius 2 is 1.82 bits per heavy atom. The van der Waals surface area contributed by atoms with E-state index in [0.29, 0.717) is 30.0 Å². The molecule has 1 unspecified atom stereocenters. The molecule has 4 rings (SSSR count). The molecule has 1 N–H and O–H groups in total. The van der Waals surface area contributed by atoms with Crippen molar-refractivity contribution in [3.8, 4) is 11.9 Å². The summed E-state index contributed by atoms with van der Waals surface area (Å²) in [6.07, 6.45) is 11.9. The zero-order chi connectivity index (χ0) is 27.3. The molecule has 8 nitrogen and oxygen atoms in total. The van der Waals surface area contributed by atoms with Crippen LogP contribution in [0.15, 0.2) is 42.7 Å². The van der Waals surface area contributed by atoms with E-state index in [1.165, 1.54) is 11.3 Å². The van der Waals surface area contributed by atoms with Gasteiger partial charge in [0.1, 0.15) is 17.8 Å². The van der Waals surface area contributed by atoms with Gasteiger partial charge in [-0.1, -0.05) is 52.2 Å². The minimum Gasteiger partial charge on any atom is -0.495 e. The maximum Gasteiger partial charge on any atom is 0.251 e. The Morgan fingerprint density at radius 1 is 1.11 bits per heavy atom. The van der Waals surface area contributed by atoms with Crippen LogP contribution in [0.25, 0.3) is 0 Å². The van der Waals surface area contributed by atoms with Gasteiger partial charge >= 0.3 is 0 Å². The summed E-state index contributed by atoms with van der Waals surface area (Å²) < 4.78 is 5.42. The molecule has 1 saturated heterocycles. The summed E-state index contributed by atoms with van der Waals surface area (Å²) in [6.45, 7) is 6.94. The second kappa shape index (κ2) is 11.8. The lowest BCUT2D eigenvalue weighted by Crippen LogP contribution is -2.51. The third-order valence-corrected chi connectivity index (χ3v) is 7.66. The van der Waals surface area contributed by atoms with Gasteiger partial charge in [0.2, 0.25) is 5.91 Å². The largest absolute Gasteiger partial charge is 0.495 e. The molecule has 0 bridgehead atoms. The maximum atomic E-state index is 14.3. The SMILES string of the molecule is COc1cncc(C(C(=O)NC2CCCCC2)N(C(=O)[C@H]2CCCN2C#N)c2ccc(C(C)(C)C)cc2)c1. The number of benzene rings is 1. The summed E-state index contributed by atoms with van der Waals surface area (Å²) in [7, 11) is 1.55. The van der Waals surface area contributed by atoms with Crippen molar-refractivity contribution in [2.75, 3.05) is 18.6 Å². The lowest BCUT2D eigenvalue weighted by atomic mass is 9.87. The number of hydrogen-bond donors (Lipinski definition) is 1. The van der Waals surface area contributed by atoms with Crippen LogP contribution in [0, 0.1) is 11.5 Å². The highest BCUT2D eigenvalue weighted by Crippen LogP contribution is 2.34. The van der Waals surface area contributed by atoms with Crippen LogP contribution in [0.3, 0.4) is 0 Å². The van der Waals surface area contributed by atoms with Crippen LogP contribution in [0.4, 0.5) is 5.69 Å². The maximum absolute atomic E-state index is 14.3. The van der Waals surface area contributed by atoms with Gasteiger partial charge in [0.25, 0.3) is 5.91 Å². The minimum absolute atomic E-state index is 0.0646. The first-order valence-electron chi connectivity index (χ1n) is 13.6. The van der Waals surface area contributed by atoms with Crippen molar-refractivity contribution in [1.29, 1.82) is 5.26 Å². The number of hydrogen-bond acceptors (Lipinski definition) is 6. The van der Waals surface area contributed by atoms with Crippen molar-refractivity contribution in [3.63, 3.8) is 0 Å². The number of nitrogens with zero attached hydrogens (tertiary/aromatic N) is 4. The average molecular weight is 518 g/mol. The summed E-state index contributed by atoms with van der Waals surface area (Å²) in [4.78, 5) is 35.7. The monoisotopic (exact) mass is 517 g/mol. The molecule has 2 amide bonds. The first-order valence-corrected chi connectivity index (χ1v) is 13.6. The van der Waals surface area contributed by atoms with Gasteiger partial charge in [0, 0.05) is 30.0 Å². The van der Waals surface area contributed by atoms with E-state index in [0.717, 1.165) is 37.7 Å². The molecule has 1 aliphatic heterocycles. The van der Waals surface area contributed by atoms with Gasteiger partial charge in [-0.15, -0.1) is 0 Å². The smallest absolute Gasteiger partial charge is 0.251 e. The summed E-state index contributed by atoms with van der Waals surface area (Å²) in [5.41, 5.74) is 2.23. The molecule has 8 heteroatoms. The Balaban J connectivity index is 1.81. The van der Waals surface area contributed by atoms with Gasteiger partial charge in [-0.05, 0) is 54.9 Å². The van der Waals surface area contributed by atoms with E-state index in [4.69, 9.17) is 4.74 Å². The van der Waals surface area contributed by atoms with E-state index in [1.807, 2.05) is 24.3 Å². The van der Waals surface area contributed by atoms with Crippen LogP contribution < -0.4 is 15.0 Å². The summed E-state index contributed by atoms with van der Waals surface area (Å²) in [5, 5.41) is 12.9. The van der Waals surface area contributed by atoms with E-state index in [-0.39, 0.29) is 23.3 Å². The summed E-state index contributed by atoms with van der Waals surface area (Å²) >= 11 is 0. The molecule has 1 aromatic heterocycles. The van der Waals surface area contributed by atoms with E-state index >= 15 is 0 Å². The molecule has 0 radical (unpaired) electrons. The molecule has 38 heavy (non-hydrogen) atoms. The Bertz CT molecular complexity index is 1160. The van der Waals surface area contributed by atoms with Gasteiger partial charge in [-0.3, -0.25) is 24.4 Å². The third kappa shape index (κ3) is 6.09. The molecule has 202 valence electrons. The second-order valence-corrected chi connectivity index (χ2v) is 11.4. The number of ether oxygens (including phenoxy) is 1. The molecule has 1 aromatic carbocycles. The molecule has 1 aliphatic carbocycles. The van der Waals surface area contributed by atoms with Gasteiger partial charge in [0.05, 0.1) is 13.3 Å². The number of carbonyl (C=O) groups excluding carboxylic acids is 2. The van der Waals surface area contributed by atoms with Crippen molar-refractivity contribution in [3.05, 3.63) is 53.9 Å². The molecule has 1 saturated carbocycles. The number of anilines is 1. The number of amides is 2. The molecular weight excluding hydrogens is 478 g/mol. The zero-order valence-corrected chi connectivity index (χ0v) is 22.9. The third-order valence-electron chi connectivity index (χ3n) is 7.66. The number of rotatable bonds is 7. The van der Waals surface area contributed by atoms with Crippen LogP contribution in [0.5, 0.6) is 5.75 Å². The Morgan fingerprint density at radius 3 is 2.45 bits per heavy atom. The van der Waals surface area contributed by atoms with E-state index < -0.39 is 12.1 Å². The lowest BCUT2D eigenvalue weighted by Gasteiger charge is -2.36. The molecule has 2 aromatic rings. The van der Waals surface area contributed by atoms with Gasteiger partial charge in [-0.25, -0.2) is 0 Å². The summed E-state index contributed by atoms with van der Waals surface area (Å²) in [6, 6.07) is 8.06. The number of nitrogens with one attached hydrogen (secondary N) is 1. The fourth-order valence-electron chi connectivity index (χ4n) is 5.47. The Labute approximate surface area is 226 Å². The highest BCUT2D eigenvalue weighted by atomic mass is 16.5. The molecular formula is C30H39N5O3. The molecule has 2 aliphatic rings. The molecule has 2 heterocycles. The normalized spacial score (nSPS) is 18.9. The minimum atomic E-state index is -0.964. The van der Waals surface area contributed by atoms with Gasteiger partial charge < -0.3 is 10.1 Å². The predicted molar refractivity (Wildman–Crippen MR) is 147 cm³/mol. The van der Waals surface area contributed by atoms with E-state index in [9.17, 15) is 14.9 Å². The fourth-order valence-corrected chi connectivity index (χ4v) is 5.47. The number of likely N-dealkylation sites (tertiary alicyclic amines) is 1. The number of nitriles is 1. The highest BCUT2D eigenvalue weighted by molar-refractivity contribution is 6.04. The summed E-state index contributed by atoms with van der Waals surface area (Å²) in [5.74, 6) is -0.00570. The van der Waals surface area contributed by atoms with Crippen molar-refractivity contribution < 1.29 is 14.3 Å². The van der Waals surface area contributed by atoms with Crippen LogP contribution in [0.1, 0.15) is 82.9 Å². The number of aromatic nitrogens is 1. The van der Waals surface area contributed by atoms with Crippen LogP contribution >= 0.6 is 0 Å². The lowest BCUT2D eigenvalue weighted by molar-refractivity contribution is -0.128. The first-order chi connectivity index (χ1) is 18.2. The Hall–Kier alpha value is -3.60. The molecule has 2 fully saturated rings.